The van der Waals surface area contributed by atoms with Crippen molar-refractivity contribution >= 4 is 0 Å². The summed E-state index contributed by atoms with van der Waals surface area (Å²) in [5, 5.41) is 3.76. The largest absolute Gasteiger partial charge is 0.310 e. The van der Waals surface area contributed by atoms with Gasteiger partial charge in [-0.05, 0) is 49.4 Å². The van der Waals surface area contributed by atoms with Crippen molar-refractivity contribution in [2.45, 2.75) is 44.7 Å². The molecule has 0 amide bonds. The molecule has 0 aliphatic heterocycles. The van der Waals surface area contributed by atoms with E-state index in [9.17, 15) is 0 Å². The average molecular weight is 243 g/mol. The zero-order valence-electron chi connectivity index (χ0n) is 10.8. The summed E-state index contributed by atoms with van der Waals surface area (Å²) in [5.41, 5.74) is 1.21. The molecule has 3 nitrogen and oxygen atoms in total. The van der Waals surface area contributed by atoms with Crippen LogP contribution in [0.3, 0.4) is 0 Å². The Morgan fingerprint density at radius 2 is 1.89 bits per heavy atom. The molecule has 0 aromatic carbocycles. The molecule has 5 unspecified atom stereocenters. The van der Waals surface area contributed by atoms with Crippen LogP contribution in [0, 0.1) is 23.7 Å². The Kier molecular flexibility index (Phi) is 2.61. The fourth-order valence-electron chi connectivity index (χ4n) is 4.97. The van der Waals surface area contributed by atoms with Gasteiger partial charge in [-0.1, -0.05) is 6.42 Å². The van der Waals surface area contributed by atoms with E-state index in [4.69, 9.17) is 0 Å². The van der Waals surface area contributed by atoms with Crippen LogP contribution >= 0.6 is 0 Å². The minimum absolute atomic E-state index is 0.759. The SMILES string of the molecule is c1ncc(CNC2CC3CC2C2CCCC32)cn1. The zero-order valence-corrected chi connectivity index (χ0v) is 10.8. The van der Waals surface area contributed by atoms with E-state index in [0.29, 0.717) is 0 Å². The maximum Gasteiger partial charge on any atom is 0.115 e. The Morgan fingerprint density at radius 3 is 2.78 bits per heavy atom. The topological polar surface area (TPSA) is 37.8 Å². The molecule has 5 atom stereocenters. The van der Waals surface area contributed by atoms with Gasteiger partial charge in [0.1, 0.15) is 6.33 Å². The van der Waals surface area contributed by atoms with Gasteiger partial charge in [0.15, 0.2) is 0 Å². The third-order valence-electron chi connectivity index (χ3n) is 5.61. The number of rotatable bonds is 3. The quantitative estimate of drug-likeness (QED) is 0.885. The predicted octanol–water partition coefficient (Wildman–Crippen LogP) is 2.39. The van der Waals surface area contributed by atoms with Gasteiger partial charge in [0, 0.05) is 30.5 Å². The van der Waals surface area contributed by atoms with Gasteiger partial charge in [-0.3, -0.25) is 0 Å². The predicted molar refractivity (Wildman–Crippen MR) is 69.7 cm³/mol. The van der Waals surface area contributed by atoms with Crippen LogP contribution in [0.25, 0.3) is 0 Å². The Labute approximate surface area is 108 Å². The fraction of sp³-hybridized carbons (Fsp3) is 0.733. The minimum Gasteiger partial charge on any atom is -0.310 e. The fourth-order valence-corrected chi connectivity index (χ4v) is 4.97. The normalized spacial score (nSPS) is 41.2. The molecule has 3 saturated carbocycles. The molecule has 0 spiro atoms. The molecule has 2 bridgehead atoms. The second-order valence-electron chi connectivity index (χ2n) is 6.39. The first kappa shape index (κ1) is 10.9. The standard InChI is InChI=1S/C15H21N3/c1-2-12-11-4-14(13(12)3-1)15(5-11)18-8-10-6-16-9-17-7-10/h6-7,9,11-15,18H,1-5,8H2. The van der Waals surface area contributed by atoms with Gasteiger partial charge in [-0.25, -0.2) is 9.97 Å². The molecule has 18 heavy (non-hydrogen) atoms. The van der Waals surface area contributed by atoms with Crippen molar-refractivity contribution in [3.05, 3.63) is 24.3 Å². The number of hydrogen-bond donors (Lipinski definition) is 1. The van der Waals surface area contributed by atoms with E-state index < -0.39 is 0 Å². The summed E-state index contributed by atoms with van der Waals surface area (Å²) in [4.78, 5) is 8.16. The Hall–Kier alpha value is -0.960. The van der Waals surface area contributed by atoms with Crippen molar-refractivity contribution in [2.75, 3.05) is 0 Å². The second-order valence-corrected chi connectivity index (χ2v) is 6.39. The van der Waals surface area contributed by atoms with Crippen molar-refractivity contribution in [3.63, 3.8) is 0 Å². The summed E-state index contributed by atoms with van der Waals surface area (Å²) >= 11 is 0. The number of aromatic nitrogens is 2. The molecule has 3 aliphatic rings. The maximum absolute atomic E-state index is 4.08. The van der Waals surface area contributed by atoms with E-state index in [1.54, 1.807) is 6.33 Å². The monoisotopic (exact) mass is 243 g/mol. The number of hydrogen-bond acceptors (Lipinski definition) is 3. The highest BCUT2D eigenvalue weighted by molar-refractivity contribution is 5.07. The Balaban J connectivity index is 1.40. The molecule has 1 N–H and O–H groups in total. The smallest absolute Gasteiger partial charge is 0.115 e. The van der Waals surface area contributed by atoms with E-state index in [1.165, 1.54) is 37.7 Å². The molecule has 3 heteroatoms. The maximum atomic E-state index is 4.08. The van der Waals surface area contributed by atoms with Crippen molar-refractivity contribution < 1.29 is 0 Å². The molecule has 0 saturated heterocycles. The van der Waals surface area contributed by atoms with Crippen LogP contribution in [0.15, 0.2) is 18.7 Å². The van der Waals surface area contributed by atoms with Crippen molar-refractivity contribution in [1.29, 1.82) is 0 Å². The summed E-state index contributed by atoms with van der Waals surface area (Å²) in [5.74, 6) is 4.14. The van der Waals surface area contributed by atoms with E-state index in [-0.39, 0.29) is 0 Å². The minimum atomic E-state index is 0.759. The van der Waals surface area contributed by atoms with Gasteiger partial charge in [0.2, 0.25) is 0 Å². The number of nitrogens with zero attached hydrogens (tertiary/aromatic N) is 2. The molecule has 0 radical (unpaired) electrons. The molecule has 1 heterocycles. The molecular weight excluding hydrogens is 222 g/mol. The zero-order chi connectivity index (χ0) is 11.9. The van der Waals surface area contributed by atoms with Crippen LogP contribution < -0.4 is 5.32 Å². The highest BCUT2D eigenvalue weighted by Gasteiger charge is 2.53. The van der Waals surface area contributed by atoms with E-state index in [2.05, 4.69) is 15.3 Å². The second kappa shape index (κ2) is 4.30. The van der Waals surface area contributed by atoms with Crippen LogP contribution in [-0.4, -0.2) is 16.0 Å². The number of nitrogens with one attached hydrogen (secondary N) is 1. The summed E-state index contributed by atoms with van der Waals surface area (Å²) < 4.78 is 0. The summed E-state index contributed by atoms with van der Waals surface area (Å²) in [7, 11) is 0. The average Bonchev–Trinajstić information content (AvgIpc) is 3.09. The lowest BCUT2D eigenvalue weighted by molar-refractivity contribution is 0.208. The van der Waals surface area contributed by atoms with Crippen LogP contribution in [-0.2, 0) is 6.54 Å². The summed E-state index contributed by atoms with van der Waals surface area (Å²) in [6, 6.07) is 0.759. The lowest BCUT2D eigenvalue weighted by Crippen LogP contribution is -2.38. The molecular formula is C15H21N3. The van der Waals surface area contributed by atoms with Gasteiger partial charge in [-0.15, -0.1) is 0 Å². The van der Waals surface area contributed by atoms with E-state index >= 15 is 0 Å². The van der Waals surface area contributed by atoms with Gasteiger partial charge < -0.3 is 5.32 Å². The summed E-state index contributed by atoms with van der Waals surface area (Å²) in [6.07, 6.45) is 12.9. The van der Waals surface area contributed by atoms with Gasteiger partial charge in [0.05, 0.1) is 0 Å². The third kappa shape index (κ3) is 1.68. The summed E-state index contributed by atoms with van der Waals surface area (Å²) in [6.45, 7) is 0.937. The van der Waals surface area contributed by atoms with Crippen LogP contribution in [0.4, 0.5) is 0 Å². The Bertz CT molecular complexity index is 419. The van der Waals surface area contributed by atoms with Gasteiger partial charge >= 0.3 is 0 Å². The highest BCUT2D eigenvalue weighted by Crippen LogP contribution is 2.58. The molecule has 1 aromatic heterocycles. The molecule has 3 fully saturated rings. The van der Waals surface area contributed by atoms with Crippen LogP contribution in [0.1, 0.15) is 37.7 Å². The van der Waals surface area contributed by atoms with Crippen molar-refractivity contribution in [2.24, 2.45) is 23.7 Å². The van der Waals surface area contributed by atoms with Crippen LogP contribution in [0.2, 0.25) is 0 Å². The van der Waals surface area contributed by atoms with Crippen molar-refractivity contribution in [3.8, 4) is 0 Å². The number of fused-ring (bicyclic) bond motifs is 5. The Morgan fingerprint density at radius 1 is 1.06 bits per heavy atom. The lowest BCUT2D eigenvalue weighted by Gasteiger charge is -2.32. The molecule has 1 aromatic rings. The molecule has 3 aliphatic carbocycles. The highest BCUT2D eigenvalue weighted by atomic mass is 14.9. The van der Waals surface area contributed by atoms with E-state index in [0.717, 1.165) is 36.3 Å². The first-order valence-corrected chi connectivity index (χ1v) is 7.39. The third-order valence-corrected chi connectivity index (χ3v) is 5.61. The van der Waals surface area contributed by atoms with E-state index in [1.807, 2.05) is 12.4 Å². The first-order valence-electron chi connectivity index (χ1n) is 7.39. The van der Waals surface area contributed by atoms with Crippen molar-refractivity contribution in [1.82, 2.24) is 15.3 Å². The first-order chi connectivity index (χ1) is 8.92. The molecule has 96 valence electrons. The van der Waals surface area contributed by atoms with Gasteiger partial charge in [-0.2, -0.15) is 0 Å². The van der Waals surface area contributed by atoms with Gasteiger partial charge in [0.25, 0.3) is 0 Å². The lowest BCUT2D eigenvalue weighted by atomic mass is 9.79. The molecule has 4 rings (SSSR count). The van der Waals surface area contributed by atoms with Crippen LogP contribution in [0.5, 0.6) is 0 Å².